The molecule has 1 aromatic rings. The summed E-state index contributed by atoms with van der Waals surface area (Å²) in [5.41, 5.74) is 0. The monoisotopic (exact) mass is 280 g/mol. The highest BCUT2D eigenvalue weighted by Gasteiger charge is 2.19. The predicted octanol–water partition coefficient (Wildman–Crippen LogP) is 2.83. The number of hydrogen-bond acceptors (Lipinski definition) is 5. The van der Waals surface area contributed by atoms with Crippen molar-refractivity contribution in [2.45, 2.75) is 53.0 Å². The molecule has 1 saturated heterocycles. The van der Waals surface area contributed by atoms with E-state index in [1.807, 2.05) is 0 Å². The van der Waals surface area contributed by atoms with E-state index in [0.717, 1.165) is 25.6 Å². The van der Waals surface area contributed by atoms with Crippen LogP contribution in [0.3, 0.4) is 0 Å². The zero-order chi connectivity index (χ0) is 14.4. The molecule has 1 N–H and O–H groups in total. The quantitative estimate of drug-likeness (QED) is 0.868. The number of nitrogens with one attached hydrogen (secondary N) is 1. The van der Waals surface area contributed by atoms with Crippen LogP contribution in [0.1, 0.15) is 52.3 Å². The Labute approximate surface area is 122 Å². The molecular formula is C15H28N4O. The van der Waals surface area contributed by atoms with Gasteiger partial charge in [-0.05, 0) is 37.6 Å². The fourth-order valence-electron chi connectivity index (χ4n) is 2.68. The molecule has 0 radical (unpaired) electrons. The summed E-state index contributed by atoms with van der Waals surface area (Å²) in [5.74, 6) is 2.18. The van der Waals surface area contributed by atoms with Crippen molar-refractivity contribution in [3.63, 3.8) is 0 Å². The second-order valence-electron chi connectivity index (χ2n) is 6.20. The van der Waals surface area contributed by atoms with Crippen LogP contribution >= 0.6 is 0 Å². The average Bonchev–Trinajstić information content (AvgIpc) is 2.75. The predicted molar refractivity (Wildman–Crippen MR) is 80.7 cm³/mol. The fraction of sp³-hybridized carbons (Fsp3) is 0.867. The summed E-state index contributed by atoms with van der Waals surface area (Å²) in [6, 6.07) is 0.697. The van der Waals surface area contributed by atoms with Gasteiger partial charge in [0.1, 0.15) is 0 Å². The third kappa shape index (κ3) is 4.47. The Balaban J connectivity index is 1.85. The molecule has 0 saturated carbocycles. The third-order valence-electron chi connectivity index (χ3n) is 3.98. The van der Waals surface area contributed by atoms with Crippen LogP contribution in [-0.4, -0.2) is 29.8 Å². The van der Waals surface area contributed by atoms with E-state index in [9.17, 15) is 0 Å². The summed E-state index contributed by atoms with van der Waals surface area (Å²) in [6.45, 7) is 10.4. The van der Waals surface area contributed by atoms with Crippen LogP contribution < -0.4 is 10.2 Å². The number of nitrogens with zero attached hydrogens (tertiary/aromatic N) is 3. The number of rotatable bonds is 6. The van der Waals surface area contributed by atoms with Crippen molar-refractivity contribution < 1.29 is 4.42 Å². The van der Waals surface area contributed by atoms with Crippen LogP contribution in [0.2, 0.25) is 0 Å². The molecule has 0 aliphatic carbocycles. The van der Waals surface area contributed by atoms with Gasteiger partial charge >= 0.3 is 6.01 Å². The van der Waals surface area contributed by atoms with E-state index >= 15 is 0 Å². The second-order valence-corrected chi connectivity index (χ2v) is 6.20. The van der Waals surface area contributed by atoms with Crippen LogP contribution in [0.4, 0.5) is 6.01 Å². The summed E-state index contributed by atoms with van der Waals surface area (Å²) in [5, 5.41) is 11.7. The molecule has 1 fully saturated rings. The van der Waals surface area contributed by atoms with Crippen LogP contribution in [0.5, 0.6) is 0 Å². The van der Waals surface area contributed by atoms with Crippen molar-refractivity contribution in [3.05, 3.63) is 5.89 Å². The highest BCUT2D eigenvalue weighted by Crippen LogP contribution is 2.23. The zero-order valence-corrected chi connectivity index (χ0v) is 13.1. The Morgan fingerprint density at radius 2 is 2.15 bits per heavy atom. The van der Waals surface area contributed by atoms with Gasteiger partial charge in [0.15, 0.2) is 0 Å². The molecule has 0 amide bonds. The van der Waals surface area contributed by atoms with Gasteiger partial charge in [0.2, 0.25) is 5.89 Å². The fourth-order valence-corrected chi connectivity index (χ4v) is 2.68. The molecule has 0 spiro atoms. The zero-order valence-electron chi connectivity index (χ0n) is 13.1. The van der Waals surface area contributed by atoms with Gasteiger partial charge < -0.3 is 14.6 Å². The van der Waals surface area contributed by atoms with E-state index in [4.69, 9.17) is 4.42 Å². The van der Waals surface area contributed by atoms with Crippen molar-refractivity contribution in [2.24, 2.45) is 11.8 Å². The minimum Gasteiger partial charge on any atom is -0.407 e. The average molecular weight is 280 g/mol. The topological polar surface area (TPSA) is 54.2 Å². The highest BCUT2D eigenvalue weighted by molar-refractivity contribution is 5.24. The van der Waals surface area contributed by atoms with Crippen LogP contribution in [0.15, 0.2) is 4.42 Å². The van der Waals surface area contributed by atoms with E-state index in [0.29, 0.717) is 24.4 Å². The molecule has 2 heterocycles. The van der Waals surface area contributed by atoms with Gasteiger partial charge in [0.25, 0.3) is 0 Å². The largest absolute Gasteiger partial charge is 0.407 e. The van der Waals surface area contributed by atoms with Gasteiger partial charge in [0, 0.05) is 13.1 Å². The molecule has 20 heavy (non-hydrogen) atoms. The first-order valence-corrected chi connectivity index (χ1v) is 7.97. The number of anilines is 1. The number of hydrogen-bond donors (Lipinski definition) is 1. The molecule has 1 atom stereocenters. The molecule has 1 aliphatic rings. The maximum absolute atomic E-state index is 5.77. The summed E-state index contributed by atoms with van der Waals surface area (Å²) >= 11 is 0. The number of aromatic nitrogens is 2. The molecule has 1 aliphatic heterocycles. The minimum absolute atomic E-state index is 0.633. The molecular weight excluding hydrogens is 252 g/mol. The Kier molecular flexibility index (Phi) is 5.83. The Morgan fingerprint density at radius 1 is 1.30 bits per heavy atom. The molecule has 5 heteroatoms. The van der Waals surface area contributed by atoms with Gasteiger partial charge in [-0.15, -0.1) is 5.10 Å². The highest BCUT2D eigenvalue weighted by atomic mass is 16.4. The molecule has 2 rings (SSSR count). The lowest BCUT2D eigenvalue weighted by Crippen LogP contribution is -2.24. The summed E-state index contributed by atoms with van der Waals surface area (Å²) in [4.78, 5) is 2.24. The Morgan fingerprint density at radius 3 is 2.90 bits per heavy atom. The summed E-state index contributed by atoms with van der Waals surface area (Å²) in [7, 11) is 0. The van der Waals surface area contributed by atoms with Crippen LogP contribution in [-0.2, 0) is 6.54 Å². The van der Waals surface area contributed by atoms with Crippen molar-refractivity contribution in [1.29, 1.82) is 0 Å². The summed E-state index contributed by atoms with van der Waals surface area (Å²) in [6.07, 6.45) is 5.06. The lowest BCUT2D eigenvalue weighted by Gasteiger charge is -2.17. The molecule has 1 aromatic heterocycles. The van der Waals surface area contributed by atoms with Crippen molar-refractivity contribution in [3.8, 4) is 0 Å². The van der Waals surface area contributed by atoms with Crippen molar-refractivity contribution >= 4 is 6.01 Å². The lowest BCUT2D eigenvalue weighted by molar-refractivity contribution is 0.443. The molecule has 1 unspecified atom stereocenters. The van der Waals surface area contributed by atoms with Crippen molar-refractivity contribution in [1.82, 2.24) is 15.5 Å². The minimum atomic E-state index is 0.633. The van der Waals surface area contributed by atoms with Gasteiger partial charge in [-0.2, -0.15) is 0 Å². The Hall–Kier alpha value is -1.10. The maximum atomic E-state index is 5.77. The van der Waals surface area contributed by atoms with E-state index < -0.39 is 0 Å². The first-order valence-electron chi connectivity index (χ1n) is 7.97. The third-order valence-corrected chi connectivity index (χ3v) is 3.98. The van der Waals surface area contributed by atoms with E-state index in [-0.39, 0.29) is 0 Å². The molecule has 0 bridgehead atoms. The summed E-state index contributed by atoms with van der Waals surface area (Å²) < 4.78 is 5.77. The SMILES string of the molecule is CCC1CCCN(c2nnc(CNCC(C)C)o2)CC1. The maximum Gasteiger partial charge on any atom is 0.318 e. The normalized spacial score (nSPS) is 20.4. The lowest BCUT2D eigenvalue weighted by atomic mass is 9.98. The van der Waals surface area contributed by atoms with Crippen molar-refractivity contribution in [2.75, 3.05) is 24.5 Å². The molecule has 114 valence electrons. The molecule has 5 nitrogen and oxygen atoms in total. The first kappa shape index (κ1) is 15.3. The van der Waals surface area contributed by atoms with Gasteiger partial charge in [-0.3, -0.25) is 0 Å². The van der Waals surface area contributed by atoms with E-state index in [2.05, 4.69) is 41.2 Å². The van der Waals surface area contributed by atoms with Crippen LogP contribution in [0, 0.1) is 11.8 Å². The van der Waals surface area contributed by atoms with Gasteiger partial charge in [-0.25, -0.2) is 0 Å². The standard InChI is InChI=1S/C15H28N4O/c1-4-13-6-5-8-19(9-7-13)15-18-17-14(20-15)11-16-10-12(2)3/h12-13,16H,4-11H2,1-3H3. The molecule has 0 aromatic carbocycles. The van der Waals surface area contributed by atoms with E-state index in [1.165, 1.54) is 25.7 Å². The van der Waals surface area contributed by atoms with Gasteiger partial charge in [-0.1, -0.05) is 32.3 Å². The first-order chi connectivity index (χ1) is 9.69. The second kappa shape index (κ2) is 7.62. The Bertz CT molecular complexity index is 391. The van der Waals surface area contributed by atoms with E-state index in [1.54, 1.807) is 0 Å². The smallest absolute Gasteiger partial charge is 0.318 e. The van der Waals surface area contributed by atoms with Crippen LogP contribution in [0.25, 0.3) is 0 Å². The van der Waals surface area contributed by atoms with Gasteiger partial charge in [0.05, 0.1) is 6.54 Å².